The third kappa shape index (κ3) is 4.77. The molecule has 1 aliphatic rings. The van der Waals surface area contributed by atoms with E-state index in [-0.39, 0.29) is 22.2 Å². The molecule has 0 fully saturated rings. The number of hydrogen-bond donors (Lipinski definition) is 1. The van der Waals surface area contributed by atoms with Gasteiger partial charge in [-0.15, -0.1) is 0 Å². The van der Waals surface area contributed by atoms with Crippen LogP contribution in [-0.4, -0.2) is 16.7 Å². The number of imide groups is 1. The molecule has 2 amide bonds. The van der Waals surface area contributed by atoms with E-state index in [1.807, 2.05) is 30.3 Å². The van der Waals surface area contributed by atoms with Crippen molar-refractivity contribution < 1.29 is 14.0 Å². The normalized spacial score (nSPS) is 13.8. The van der Waals surface area contributed by atoms with Crippen molar-refractivity contribution >= 4 is 52.5 Å². The lowest BCUT2D eigenvalue weighted by atomic mass is 10.2. The Morgan fingerprint density at radius 3 is 2.29 bits per heavy atom. The van der Waals surface area contributed by atoms with E-state index in [0.717, 1.165) is 22.2 Å². The van der Waals surface area contributed by atoms with Gasteiger partial charge in [0.15, 0.2) is 0 Å². The minimum atomic E-state index is -0.573. The van der Waals surface area contributed by atoms with Gasteiger partial charge in [0.05, 0.1) is 11.6 Å². The van der Waals surface area contributed by atoms with Gasteiger partial charge in [-0.05, 0) is 48.0 Å². The third-order valence-electron chi connectivity index (χ3n) is 4.53. The van der Waals surface area contributed by atoms with Crippen molar-refractivity contribution in [1.82, 2.24) is 4.90 Å². The van der Waals surface area contributed by atoms with E-state index in [9.17, 15) is 14.0 Å². The summed E-state index contributed by atoms with van der Waals surface area (Å²) in [6.45, 7) is 0.137. The molecule has 3 aromatic rings. The first-order valence-electron chi connectivity index (χ1n) is 9.22. The van der Waals surface area contributed by atoms with Crippen LogP contribution in [0.15, 0.2) is 88.3 Å². The molecular weight excluding hydrogens is 458 g/mol. The fourth-order valence-electron chi connectivity index (χ4n) is 3.01. The lowest BCUT2D eigenvalue weighted by molar-refractivity contribution is -0.137. The molecule has 0 aromatic heterocycles. The fraction of sp³-hybridized carbons (Fsp3) is 0.0435. The molecule has 31 heavy (non-hydrogen) atoms. The number of nitrogens with zero attached hydrogens (tertiary/aromatic N) is 1. The van der Waals surface area contributed by atoms with Gasteiger partial charge in [-0.2, -0.15) is 0 Å². The van der Waals surface area contributed by atoms with Gasteiger partial charge in [0, 0.05) is 15.6 Å². The Kier molecular flexibility index (Phi) is 6.32. The minimum absolute atomic E-state index is 0.0876. The molecule has 1 heterocycles. The average molecular weight is 473 g/mol. The van der Waals surface area contributed by atoms with Gasteiger partial charge >= 0.3 is 0 Å². The van der Waals surface area contributed by atoms with Crippen molar-refractivity contribution in [3.05, 3.63) is 105 Å². The summed E-state index contributed by atoms with van der Waals surface area (Å²) in [6, 6.07) is 20.2. The van der Waals surface area contributed by atoms with Crippen molar-refractivity contribution in [2.75, 3.05) is 5.32 Å². The largest absolute Gasteiger partial charge is 0.350 e. The molecule has 3 aromatic carbocycles. The Morgan fingerprint density at radius 1 is 0.903 bits per heavy atom. The van der Waals surface area contributed by atoms with Crippen LogP contribution < -0.4 is 5.32 Å². The van der Waals surface area contributed by atoms with Crippen LogP contribution in [0.3, 0.4) is 0 Å². The quantitative estimate of drug-likeness (QED) is 0.439. The van der Waals surface area contributed by atoms with E-state index in [0.29, 0.717) is 10.7 Å². The van der Waals surface area contributed by atoms with E-state index in [4.69, 9.17) is 23.2 Å². The van der Waals surface area contributed by atoms with Crippen LogP contribution in [0.25, 0.3) is 0 Å². The number of nitrogens with one attached hydrogen (secondary N) is 1. The smallest absolute Gasteiger partial charge is 0.278 e. The lowest BCUT2D eigenvalue weighted by Gasteiger charge is -2.15. The van der Waals surface area contributed by atoms with Crippen LogP contribution >= 0.6 is 35.0 Å². The topological polar surface area (TPSA) is 49.4 Å². The molecular formula is C23H15Cl2FN2O2S. The highest BCUT2D eigenvalue weighted by Gasteiger charge is 2.39. The van der Waals surface area contributed by atoms with Gasteiger partial charge in [0.25, 0.3) is 11.8 Å². The van der Waals surface area contributed by atoms with Crippen molar-refractivity contribution in [2.45, 2.75) is 11.4 Å². The summed E-state index contributed by atoms with van der Waals surface area (Å²) >= 11 is 13.0. The maximum Gasteiger partial charge on any atom is 0.278 e. The maximum absolute atomic E-state index is 13.5. The summed E-state index contributed by atoms with van der Waals surface area (Å²) in [6.07, 6.45) is 0. The highest BCUT2D eigenvalue weighted by molar-refractivity contribution is 8.04. The van der Waals surface area contributed by atoms with E-state index >= 15 is 0 Å². The molecule has 0 saturated carbocycles. The summed E-state index contributed by atoms with van der Waals surface area (Å²) in [5.74, 6) is -1.45. The van der Waals surface area contributed by atoms with E-state index in [2.05, 4.69) is 5.32 Å². The Bertz CT molecular complexity index is 1180. The maximum atomic E-state index is 13.5. The first-order valence-corrected chi connectivity index (χ1v) is 10.8. The van der Waals surface area contributed by atoms with Crippen LogP contribution in [0, 0.1) is 5.82 Å². The van der Waals surface area contributed by atoms with E-state index in [1.54, 1.807) is 24.3 Å². The second kappa shape index (κ2) is 9.14. The summed E-state index contributed by atoms with van der Waals surface area (Å²) < 4.78 is 13.5. The zero-order valence-electron chi connectivity index (χ0n) is 15.9. The molecule has 156 valence electrons. The average Bonchev–Trinajstić information content (AvgIpc) is 2.97. The molecule has 0 saturated heterocycles. The molecule has 4 nitrogen and oxygen atoms in total. The lowest BCUT2D eigenvalue weighted by Crippen LogP contribution is -2.31. The molecule has 1 N–H and O–H groups in total. The predicted octanol–water partition coefficient (Wildman–Crippen LogP) is 6.12. The van der Waals surface area contributed by atoms with E-state index < -0.39 is 17.6 Å². The SMILES string of the molecule is O=C1C(Nc2ccc(F)c(Cl)c2)=C(Sc2ccc(Cl)cc2)C(=O)N1Cc1ccccc1. The molecule has 0 spiro atoms. The second-order valence-electron chi connectivity index (χ2n) is 6.70. The van der Waals surface area contributed by atoms with Gasteiger partial charge < -0.3 is 5.32 Å². The van der Waals surface area contributed by atoms with Gasteiger partial charge in [0.1, 0.15) is 16.4 Å². The standard InChI is InChI=1S/C23H15Cl2FN2O2S/c24-15-6-9-17(10-7-15)31-21-20(27-16-8-11-19(26)18(25)12-16)22(29)28(23(21)30)13-14-4-2-1-3-5-14/h1-12,27H,13H2. The van der Waals surface area contributed by atoms with Crippen LogP contribution in [0.2, 0.25) is 10.0 Å². The number of halogens is 3. The highest BCUT2D eigenvalue weighted by Crippen LogP contribution is 2.37. The Balaban J connectivity index is 1.68. The molecule has 1 aliphatic heterocycles. The summed E-state index contributed by atoms with van der Waals surface area (Å²) in [7, 11) is 0. The van der Waals surface area contributed by atoms with Crippen LogP contribution in [-0.2, 0) is 16.1 Å². The first-order chi connectivity index (χ1) is 14.9. The monoisotopic (exact) mass is 472 g/mol. The van der Waals surface area contributed by atoms with Gasteiger partial charge in [-0.3, -0.25) is 14.5 Å². The molecule has 0 bridgehead atoms. The first kappa shape index (κ1) is 21.4. The molecule has 8 heteroatoms. The number of amides is 2. The fourth-order valence-corrected chi connectivity index (χ4v) is 4.26. The Morgan fingerprint density at radius 2 is 1.61 bits per heavy atom. The van der Waals surface area contributed by atoms with Crippen molar-refractivity contribution in [2.24, 2.45) is 0 Å². The van der Waals surface area contributed by atoms with Crippen molar-refractivity contribution in [3.63, 3.8) is 0 Å². The number of anilines is 1. The summed E-state index contributed by atoms with van der Waals surface area (Å²) in [5, 5.41) is 3.44. The molecule has 0 atom stereocenters. The van der Waals surface area contributed by atoms with Gasteiger partial charge in [-0.25, -0.2) is 4.39 Å². The van der Waals surface area contributed by atoms with Crippen molar-refractivity contribution in [3.8, 4) is 0 Å². The number of carbonyl (C=O) groups is 2. The van der Waals surface area contributed by atoms with E-state index in [1.165, 1.54) is 23.1 Å². The Labute approximate surface area is 192 Å². The Hall–Kier alpha value is -2.80. The summed E-state index contributed by atoms with van der Waals surface area (Å²) in [5.41, 5.74) is 1.34. The number of rotatable bonds is 6. The molecule has 0 aliphatic carbocycles. The molecule has 0 unspecified atom stereocenters. The zero-order chi connectivity index (χ0) is 22.0. The van der Waals surface area contributed by atoms with Gasteiger partial charge in [-0.1, -0.05) is 65.3 Å². The number of hydrogen-bond acceptors (Lipinski definition) is 4. The molecule has 0 radical (unpaired) electrons. The number of thioether (sulfide) groups is 1. The third-order valence-corrected chi connectivity index (χ3v) is 6.16. The summed E-state index contributed by atoms with van der Waals surface area (Å²) in [4.78, 5) is 28.5. The second-order valence-corrected chi connectivity index (χ2v) is 8.62. The van der Waals surface area contributed by atoms with Crippen LogP contribution in [0.5, 0.6) is 0 Å². The predicted molar refractivity (Wildman–Crippen MR) is 121 cm³/mol. The minimum Gasteiger partial charge on any atom is -0.350 e. The van der Waals surface area contributed by atoms with Gasteiger partial charge in [0.2, 0.25) is 0 Å². The zero-order valence-corrected chi connectivity index (χ0v) is 18.3. The molecule has 4 rings (SSSR count). The highest BCUT2D eigenvalue weighted by atomic mass is 35.5. The van der Waals surface area contributed by atoms with Crippen LogP contribution in [0.4, 0.5) is 10.1 Å². The number of carbonyl (C=O) groups excluding carboxylic acids is 2. The number of benzene rings is 3. The van der Waals surface area contributed by atoms with Crippen LogP contribution in [0.1, 0.15) is 5.56 Å². The van der Waals surface area contributed by atoms with Crippen molar-refractivity contribution in [1.29, 1.82) is 0 Å².